The molecule has 2 rings (SSSR count). The molecule has 0 fully saturated rings. The van der Waals surface area contributed by atoms with E-state index in [4.69, 9.17) is 20.8 Å². The number of carboxylic acids is 1. The summed E-state index contributed by atoms with van der Waals surface area (Å²) in [5, 5.41) is 12.1. The lowest BCUT2D eigenvalue weighted by atomic mass is 10.0. The molecule has 0 saturated heterocycles. The third kappa shape index (κ3) is 3.72. The van der Waals surface area contributed by atoms with E-state index < -0.39 is 17.4 Å². The standard InChI is InChI=1S/C16H16ClNO5/c1-16(9-22-2,15(20)21)18-14(19)13-8-7-12(23-13)10-5-3-4-6-11(10)17/h3-8H,9H2,1-2H3,(H,18,19)(H,20,21). The number of nitrogens with one attached hydrogen (secondary N) is 1. The van der Waals surface area contributed by atoms with Gasteiger partial charge in [-0.3, -0.25) is 4.79 Å². The van der Waals surface area contributed by atoms with Gasteiger partial charge in [-0.2, -0.15) is 0 Å². The van der Waals surface area contributed by atoms with Crippen LogP contribution < -0.4 is 5.32 Å². The second kappa shape index (κ2) is 6.85. The maximum absolute atomic E-state index is 12.2. The molecule has 1 unspecified atom stereocenters. The molecule has 23 heavy (non-hydrogen) atoms. The number of aliphatic carboxylic acids is 1. The molecule has 0 spiro atoms. The normalized spacial score (nSPS) is 13.3. The molecule has 1 atom stereocenters. The van der Waals surface area contributed by atoms with Gasteiger partial charge in [0.25, 0.3) is 5.91 Å². The lowest BCUT2D eigenvalue weighted by molar-refractivity contribution is -0.145. The Morgan fingerprint density at radius 1 is 1.30 bits per heavy atom. The lowest BCUT2D eigenvalue weighted by Crippen LogP contribution is -2.55. The molecule has 6 nitrogen and oxygen atoms in total. The van der Waals surface area contributed by atoms with Gasteiger partial charge >= 0.3 is 5.97 Å². The number of amides is 1. The van der Waals surface area contributed by atoms with Crippen LogP contribution in [-0.2, 0) is 9.53 Å². The zero-order chi connectivity index (χ0) is 17.0. The summed E-state index contributed by atoms with van der Waals surface area (Å²) in [6.07, 6.45) is 0. The molecule has 7 heteroatoms. The van der Waals surface area contributed by atoms with Gasteiger partial charge in [-0.25, -0.2) is 4.79 Å². The highest BCUT2D eigenvalue weighted by molar-refractivity contribution is 6.33. The Morgan fingerprint density at radius 2 is 2.00 bits per heavy atom. The number of hydrogen-bond acceptors (Lipinski definition) is 4. The minimum absolute atomic E-state index is 0.0107. The van der Waals surface area contributed by atoms with Gasteiger partial charge in [0.05, 0.1) is 11.6 Å². The molecule has 122 valence electrons. The number of benzene rings is 1. The minimum atomic E-state index is -1.55. The topological polar surface area (TPSA) is 88.8 Å². The van der Waals surface area contributed by atoms with Crippen molar-refractivity contribution in [1.82, 2.24) is 5.32 Å². The fourth-order valence-corrected chi connectivity index (χ4v) is 2.25. The Kier molecular flexibility index (Phi) is 5.08. The predicted octanol–water partition coefficient (Wildman–Crippen LogP) is 2.82. The van der Waals surface area contributed by atoms with Crippen molar-refractivity contribution in [3.63, 3.8) is 0 Å². The van der Waals surface area contributed by atoms with Crippen LogP contribution >= 0.6 is 11.6 Å². The molecule has 0 aliphatic carbocycles. The smallest absolute Gasteiger partial charge is 0.331 e. The number of furan rings is 1. The summed E-state index contributed by atoms with van der Waals surface area (Å²) >= 11 is 6.08. The molecule has 1 aromatic heterocycles. The van der Waals surface area contributed by atoms with Crippen LogP contribution in [0.25, 0.3) is 11.3 Å². The third-order valence-electron chi connectivity index (χ3n) is 3.26. The summed E-state index contributed by atoms with van der Waals surface area (Å²) < 4.78 is 10.3. The van der Waals surface area contributed by atoms with Crippen LogP contribution in [0, 0.1) is 0 Å². The zero-order valence-electron chi connectivity index (χ0n) is 12.6. The van der Waals surface area contributed by atoms with Crippen LogP contribution in [0.3, 0.4) is 0 Å². The predicted molar refractivity (Wildman–Crippen MR) is 84.5 cm³/mol. The van der Waals surface area contributed by atoms with Crippen molar-refractivity contribution in [2.24, 2.45) is 0 Å². The van der Waals surface area contributed by atoms with Crippen molar-refractivity contribution in [2.45, 2.75) is 12.5 Å². The van der Waals surface area contributed by atoms with Crippen LogP contribution in [0.1, 0.15) is 17.5 Å². The maximum atomic E-state index is 12.2. The van der Waals surface area contributed by atoms with Gasteiger partial charge in [-0.15, -0.1) is 0 Å². The number of rotatable bonds is 6. The number of hydrogen-bond donors (Lipinski definition) is 2. The van der Waals surface area contributed by atoms with Gasteiger partial charge < -0.3 is 19.6 Å². The van der Waals surface area contributed by atoms with Crippen LogP contribution in [-0.4, -0.2) is 36.2 Å². The highest BCUT2D eigenvalue weighted by Crippen LogP contribution is 2.29. The van der Waals surface area contributed by atoms with Crippen molar-refractivity contribution in [3.05, 3.63) is 47.2 Å². The molecule has 0 radical (unpaired) electrons. The first kappa shape index (κ1) is 17.1. The zero-order valence-corrected chi connectivity index (χ0v) is 13.4. The number of ether oxygens (including phenoxy) is 1. The Balaban J connectivity index is 2.22. The van der Waals surface area contributed by atoms with Crippen molar-refractivity contribution in [1.29, 1.82) is 0 Å². The van der Waals surface area contributed by atoms with Crippen LogP contribution in [0.2, 0.25) is 5.02 Å². The average Bonchev–Trinajstić information content (AvgIpc) is 2.97. The summed E-state index contributed by atoms with van der Waals surface area (Å²) in [4.78, 5) is 23.5. The second-order valence-electron chi connectivity index (χ2n) is 5.17. The molecule has 1 amide bonds. The van der Waals surface area contributed by atoms with Gasteiger partial charge in [0, 0.05) is 12.7 Å². The SMILES string of the molecule is COCC(C)(NC(=O)c1ccc(-c2ccccc2Cl)o1)C(=O)O. The molecule has 1 heterocycles. The highest BCUT2D eigenvalue weighted by Gasteiger charge is 2.36. The Labute approximate surface area is 138 Å². The fraction of sp³-hybridized carbons (Fsp3) is 0.250. The molecular weight excluding hydrogens is 322 g/mol. The number of carbonyl (C=O) groups is 2. The fourth-order valence-electron chi connectivity index (χ4n) is 2.02. The molecule has 0 saturated carbocycles. The maximum Gasteiger partial charge on any atom is 0.331 e. The van der Waals surface area contributed by atoms with Gasteiger partial charge in [0.1, 0.15) is 5.76 Å². The van der Waals surface area contributed by atoms with E-state index in [2.05, 4.69) is 5.32 Å². The van der Waals surface area contributed by atoms with Gasteiger partial charge in [-0.1, -0.05) is 23.7 Å². The quantitative estimate of drug-likeness (QED) is 0.846. The monoisotopic (exact) mass is 337 g/mol. The van der Waals surface area contributed by atoms with Crippen LogP contribution in [0.5, 0.6) is 0 Å². The highest BCUT2D eigenvalue weighted by atomic mass is 35.5. The summed E-state index contributed by atoms with van der Waals surface area (Å²) in [5.41, 5.74) is -0.908. The number of carbonyl (C=O) groups excluding carboxylic acids is 1. The van der Waals surface area contributed by atoms with E-state index in [1.807, 2.05) is 0 Å². The van der Waals surface area contributed by atoms with Crippen LogP contribution in [0.4, 0.5) is 0 Å². The number of halogens is 1. The minimum Gasteiger partial charge on any atom is -0.479 e. The number of carboxylic acid groups (broad SMARTS) is 1. The van der Waals surface area contributed by atoms with E-state index in [0.717, 1.165) is 0 Å². The first-order valence-electron chi connectivity index (χ1n) is 6.77. The van der Waals surface area contributed by atoms with Crippen molar-refractivity contribution in [3.8, 4) is 11.3 Å². The molecule has 1 aromatic carbocycles. The Bertz CT molecular complexity index is 727. The summed E-state index contributed by atoms with van der Waals surface area (Å²) in [6.45, 7) is 1.18. The largest absolute Gasteiger partial charge is 0.479 e. The second-order valence-corrected chi connectivity index (χ2v) is 5.58. The van der Waals surface area contributed by atoms with E-state index in [1.54, 1.807) is 30.3 Å². The molecular formula is C16H16ClNO5. The van der Waals surface area contributed by atoms with E-state index >= 15 is 0 Å². The average molecular weight is 338 g/mol. The molecule has 0 aliphatic heterocycles. The summed E-state index contributed by atoms with van der Waals surface area (Å²) in [6, 6.07) is 10.1. The van der Waals surface area contributed by atoms with Crippen molar-refractivity contribution in [2.75, 3.05) is 13.7 Å². The summed E-state index contributed by atoms with van der Waals surface area (Å²) in [7, 11) is 1.36. The molecule has 0 bridgehead atoms. The first-order chi connectivity index (χ1) is 10.9. The lowest BCUT2D eigenvalue weighted by Gasteiger charge is -2.24. The van der Waals surface area contributed by atoms with E-state index in [9.17, 15) is 14.7 Å². The number of methoxy groups -OCH3 is 1. The van der Waals surface area contributed by atoms with E-state index in [0.29, 0.717) is 16.3 Å². The van der Waals surface area contributed by atoms with Crippen molar-refractivity contribution >= 4 is 23.5 Å². The third-order valence-corrected chi connectivity index (χ3v) is 3.59. The Morgan fingerprint density at radius 3 is 2.61 bits per heavy atom. The molecule has 2 N–H and O–H groups in total. The van der Waals surface area contributed by atoms with Gasteiger partial charge in [0.2, 0.25) is 0 Å². The Hall–Kier alpha value is -2.31. The van der Waals surface area contributed by atoms with Crippen molar-refractivity contribution < 1.29 is 23.8 Å². The van der Waals surface area contributed by atoms with Crippen LogP contribution in [0.15, 0.2) is 40.8 Å². The van der Waals surface area contributed by atoms with E-state index in [-0.39, 0.29) is 12.4 Å². The first-order valence-corrected chi connectivity index (χ1v) is 7.15. The van der Waals surface area contributed by atoms with Gasteiger partial charge in [0.15, 0.2) is 11.3 Å². The summed E-state index contributed by atoms with van der Waals surface area (Å²) in [5.74, 6) is -1.44. The van der Waals surface area contributed by atoms with E-state index in [1.165, 1.54) is 20.1 Å². The molecule has 0 aliphatic rings. The molecule has 2 aromatic rings. The van der Waals surface area contributed by atoms with Gasteiger partial charge in [-0.05, 0) is 31.2 Å².